The number of nitrogens with two attached hydrogens (primary N) is 1. The molecule has 0 aliphatic carbocycles. The topological polar surface area (TPSA) is 161 Å². The number of aliphatic carboxylic acids is 1. The number of carboxylic acid groups (broad SMARTS) is 1. The Labute approximate surface area is 280 Å². The van der Waals surface area contributed by atoms with Crippen molar-refractivity contribution in [3.8, 4) is 0 Å². The highest BCUT2D eigenvalue weighted by molar-refractivity contribution is 7.93. The molecule has 0 saturated carbocycles. The molecule has 6 aliphatic rings. The minimum Gasteiger partial charge on any atom is -1.00 e. The second-order valence-electron chi connectivity index (χ2n) is 13.8. The van der Waals surface area contributed by atoms with Gasteiger partial charge in [0.05, 0.1) is 53.4 Å². The minimum absolute atomic E-state index is 0. The van der Waals surface area contributed by atoms with E-state index < -0.39 is 40.0 Å². The van der Waals surface area contributed by atoms with Crippen molar-refractivity contribution in [2.45, 2.75) is 37.3 Å². The number of anilines is 1. The van der Waals surface area contributed by atoms with Gasteiger partial charge in [-0.3, -0.25) is 13.9 Å². The number of allylic oxidation sites excluding steroid dienone is 1. The van der Waals surface area contributed by atoms with Gasteiger partial charge in [-0.1, -0.05) is 37.3 Å². The van der Waals surface area contributed by atoms with Crippen LogP contribution < -0.4 is 27.6 Å². The number of carbonyl (C=O) groups excluding carboxylic acids is 3. The number of benzene rings is 2. The van der Waals surface area contributed by atoms with Crippen LogP contribution in [0.3, 0.4) is 0 Å². The lowest BCUT2D eigenvalue weighted by Gasteiger charge is -2.55. The van der Waals surface area contributed by atoms with Crippen LogP contribution in [0, 0.1) is 11.8 Å². The predicted octanol–water partition coefficient (Wildman–Crippen LogP) is -3.54. The van der Waals surface area contributed by atoms with E-state index in [1.54, 1.807) is 31.2 Å². The summed E-state index contributed by atoms with van der Waals surface area (Å²) in [5, 5.41) is 23.8. The molecule has 2 bridgehead atoms. The van der Waals surface area contributed by atoms with Gasteiger partial charge in [0.25, 0.3) is 15.9 Å². The second kappa shape index (κ2) is 11.6. The maximum Gasteiger partial charge on any atom is 0.272 e. The quantitative estimate of drug-likeness (QED) is 0.194. The summed E-state index contributed by atoms with van der Waals surface area (Å²) in [6.45, 7) is 10.5. The van der Waals surface area contributed by atoms with Crippen LogP contribution in [-0.4, -0.2) is 116 Å². The van der Waals surface area contributed by atoms with E-state index in [4.69, 9.17) is 5.73 Å². The van der Waals surface area contributed by atoms with Crippen LogP contribution in [0.5, 0.6) is 0 Å². The van der Waals surface area contributed by atoms with E-state index >= 15 is 0 Å². The van der Waals surface area contributed by atoms with Crippen LogP contribution in [0.15, 0.2) is 58.6 Å². The van der Waals surface area contributed by atoms with E-state index in [0.29, 0.717) is 23.2 Å². The van der Waals surface area contributed by atoms with Gasteiger partial charge >= 0.3 is 0 Å². The van der Waals surface area contributed by atoms with Gasteiger partial charge in [0.2, 0.25) is 5.91 Å². The number of amides is 2. The Hall–Kier alpha value is -3.49. The van der Waals surface area contributed by atoms with Crippen LogP contribution in [0.4, 0.5) is 5.69 Å². The Bertz CT molecular complexity index is 1830. The molecule has 0 unspecified atom stereocenters. The van der Waals surface area contributed by atoms with Crippen LogP contribution in [0.25, 0.3) is 10.8 Å². The van der Waals surface area contributed by atoms with Crippen molar-refractivity contribution in [1.29, 1.82) is 0 Å². The third kappa shape index (κ3) is 5.05. The molecule has 2 amide bonds. The number of rotatable bonds is 10. The van der Waals surface area contributed by atoms with Gasteiger partial charge in [-0.2, -0.15) is 0 Å². The summed E-state index contributed by atoms with van der Waals surface area (Å²) in [6, 6.07) is 8.78. The average molecular weight is 686 g/mol. The number of halogens is 1. The number of aliphatic hydroxyl groups is 1. The fourth-order valence-electron chi connectivity index (χ4n) is 8.78. The van der Waals surface area contributed by atoms with Crippen molar-refractivity contribution in [2.24, 2.45) is 17.6 Å². The average Bonchev–Trinajstić information content (AvgIpc) is 3.38. The number of carbonyl (C=O) groups is 3. The van der Waals surface area contributed by atoms with E-state index in [9.17, 15) is 33.0 Å². The Kier molecular flexibility index (Phi) is 8.24. The lowest BCUT2D eigenvalue weighted by atomic mass is 9.78. The monoisotopic (exact) mass is 685 g/mol. The smallest absolute Gasteiger partial charge is 0.272 e. The molecule has 2 aromatic carbocycles. The summed E-state index contributed by atoms with van der Waals surface area (Å²) in [4.78, 5) is 37.8. The highest BCUT2D eigenvalue weighted by Gasteiger charge is 2.58. The number of hydrogen-bond donors (Lipinski definition) is 2. The predicted molar refractivity (Wildman–Crippen MR) is 167 cm³/mol. The first kappa shape index (κ1) is 33.4. The SMILES string of the molecule is C[C@@H](O)[C@H]1C(=O)N2C(C(=O)[O-])=C(/C=C/CN3c4cccc5c(CC[N+]67CC[N+](CC(N)=O)(CC6)CC7)ccc(c45)S3(=O)=O)[C@H](C)[C@H]12.[Cl-]. The van der Waals surface area contributed by atoms with Crippen LogP contribution in [0.2, 0.25) is 0 Å². The van der Waals surface area contributed by atoms with E-state index in [1.165, 1.54) is 16.1 Å². The summed E-state index contributed by atoms with van der Waals surface area (Å²) < 4.78 is 30.7. The molecule has 4 fully saturated rings. The van der Waals surface area contributed by atoms with E-state index in [-0.39, 0.29) is 41.4 Å². The maximum atomic E-state index is 13.8. The van der Waals surface area contributed by atoms with Gasteiger partial charge in [0.15, 0.2) is 6.54 Å². The van der Waals surface area contributed by atoms with Gasteiger partial charge < -0.3 is 47.0 Å². The molecule has 47 heavy (non-hydrogen) atoms. The van der Waals surface area contributed by atoms with E-state index in [1.807, 2.05) is 18.2 Å². The summed E-state index contributed by atoms with van der Waals surface area (Å²) >= 11 is 0. The minimum atomic E-state index is -3.86. The number of fused-ring (bicyclic) bond motifs is 4. The summed E-state index contributed by atoms with van der Waals surface area (Å²) in [5.74, 6) is -3.23. The van der Waals surface area contributed by atoms with Crippen molar-refractivity contribution >= 4 is 44.3 Å². The number of piperazine rings is 3. The largest absolute Gasteiger partial charge is 1.00 e. The van der Waals surface area contributed by atoms with Crippen molar-refractivity contribution in [3.63, 3.8) is 0 Å². The fourth-order valence-corrected chi connectivity index (χ4v) is 10.4. The van der Waals surface area contributed by atoms with E-state index in [2.05, 4.69) is 0 Å². The maximum absolute atomic E-state index is 13.8. The van der Waals surface area contributed by atoms with Gasteiger partial charge in [-0.15, -0.1) is 0 Å². The second-order valence-corrected chi connectivity index (χ2v) is 15.7. The Morgan fingerprint density at radius 3 is 2.38 bits per heavy atom. The fraction of sp³-hybridized carbons (Fsp3) is 0.485. The number of β-lactam (4-membered cyclic amide) rings is 1. The molecule has 4 atom stereocenters. The summed E-state index contributed by atoms with van der Waals surface area (Å²) in [7, 11) is -3.86. The molecule has 0 spiro atoms. The molecule has 0 radical (unpaired) electrons. The molecule has 4 saturated heterocycles. The number of sulfonamides is 1. The number of quaternary nitrogens is 2. The molecule has 3 N–H and O–H groups in total. The zero-order valence-corrected chi connectivity index (χ0v) is 28.0. The Morgan fingerprint density at radius 2 is 1.77 bits per heavy atom. The number of nitrogens with zero attached hydrogens (tertiary/aromatic N) is 4. The normalized spacial score (nSPS) is 30.9. The van der Waals surface area contributed by atoms with Crippen molar-refractivity contribution in [3.05, 3.63) is 59.3 Å². The first-order valence-corrected chi connectivity index (χ1v) is 17.4. The molecule has 6 aliphatic heterocycles. The first-order chi connectivity index (χ1) is 21.8. The van der Waals surface area contributed by atoms with Crippen LogP contribution in [-0.2, 0) is 30.8 Å². The van der Waals surface area contributed by atoms with Crippen molar-refractivity contribution in [1.82, 2.24) is 4.90 Å². The molecule has 6 heterocycles. The standard InChI is InChI=1S/C33H39N5O7S.ClH/c1-20-23(31(33(42)43)36-30(20)28(21(2)39)32(36)41)6-4-11-35-25-7-3-5-24-22(8-9-26(29(24)25)46(35,44)45)10-12-37-13-16-38(17-14-37,18-15-37)19-27(34)40;/h3-9,20-21,28,30,39H,10-19H2,1-2H3,(H-2,34,40,42,43);1H/b6-4+;/t20-,21+,28+,30+,37?,38?;/m0./s1. The van der Waals surface area contributed by atoms with Gasteiger partial charge in [0, 0.05) is 17.7 Å². The van der Waals surface area contributed by atoms with Crippen LogP contribution >= 0.6 is 0 Å². The first-order valence-electron chi connectivity index (χ1n) is 16.0. The summed E-state index contributed by atoms with van der Waals surface area (Å²) in [5.41, 5.74) is 7.37. The molecule has 0 aromatic heterocycles. The molecule has 14 heteroatoms. The van der Waals surface area contributed by atoms with Gasteiger partial charge in [-0.25, -0.2) is 8.42 Å². The highest BCUT2D eigenvalue weighted by Crippen LogP contribution is 2.48. The molecule has 12 nitrogen and oxygen atoms in total. The lowest BCUT2D eigenvalue weighted by Crippen LogP contribution is -3.00. The third-order valence-electron chi connectivity index (χ3n) is 11.4. The van der Waals surface area contributed by atoms with Gasteiger partial charge in [-0.05, 0) is 35.6 Å². The number of primary amides is 1. The zero-order chi connectivity index (χ0) is 32.8. The third-order valence-corrected chi connectivity index (χ3v) is 13.2. The van der Waals surface area contributed by atoms with Crippen molar-refractivity contribution in [2.75, 3.05) is 63.2 Å². The molecular weight excluding hydrogens is 646 g/mol. The number of hydrogen-bond acceptors (Lipinski definition) is 7. The molecule has 2 aromatic rings. The Morgan fingerprint density at radius 1 is 1.11 bits per heavy atom. The summed E-state index contributed by atoms with van der Waals surface area (Å²) in [6.07, 6.45) is 3.08. The van der Waals surface area contributed by atoms with Crippen LogP contribution in [0.1, 0.15) is 19.4 Å². The number of carboxylic acids is 1. The molecular formula is C33H40ClN5O7S. The highest BCUT2D eigenvalue weighted by atomic mass is 35.5. The van der Waals surface area contributed by atoms with E-state index in [0.717, 1.165) is 72.1 Å². The lowest BCUT2D eigenvalue weighted by molar-refractivity contribution is -1.08. The molecule has 252 valence electrons. The van der Waals surface area contributed by atoms with Crippen molar-refractivity contribution < 1.29 is 54.4 Å². The van der Waals surface area contributed by atoms with Gasteiger partial charge in [0.1, 0.15) is 39.3 Å². The zero-order valence-electron chi connectivity index (χ0n) is 26.5. The molecule has 8 rings (SSSR count). The Balaban J connectivity index is 0.00000386. The number of aliphatic hydroxyl groups excluding tert-OH is 1.